The van der Waals surface area contributed by atoms with Crippen LogP contribution >= 0.6 is 15.9 Å². The Balaban J connectivity index is 2.49. The molecule has 2 nitrogen and oxygen atoms in total. The Morgan fingerprint density at radius 1 is 1.31 bits per heavy atom. The van der Waals surface area contributed by atoms with E-state index in [9.17, 15) is 0 Å². The molecule has 0 aliphatic carbocycles. The van der Waals surface area contributed by atoms with Gasteiger partial charge in [0.2, 0.25) is 0 Å². The lowest BCUT2D eigenvalue weighted by Gasteiger charge is -2.13. The second-order valence-corrected chi connectivity index (χ2v) is 3.51. The van der Waals surface area contributed by atoms with E-state index in [1.807, 2.05) is 38.1 Å². The van der Waals surface area contributed by atoms with E-state index in [0.717, 1.165) is 10.2 Å². The Bertz CT molecular complexity index is 246. The standard InChI is InChI=1S/C10H13BrO2/c1-3-12-8(2)13-10-6-4-9(11)5-7-10/h4-8H,3H2,1-2H3/t8-/m1/s1. The first-order chi connectivity index (χ1) is 6.22. The predicted molar refractivity (Wildman–Crippen MR) is 55.9 cm³/mol. The lowest BCUT2D eigenvalue weighted by molar-refractivity contribution is -0.0613. The molecule has 1 aromatic carbocycles. The number of benzene rings is 1. The van der Waals surface area contributed by atoms with Gasteiger partial charge in [0.15, 0.2) is 6.29 Å². The molecule has 0 saturated heterocycles. The third kappa shape index (κ3) is 3.79. The van der Waals surface area contributed by atoms with Crippen LogP contribution in [0.5, 0.6) is 5.75 Å². The van der Waals surface area contributed by atoms with E-state index in [0.29, 0.717) is 6.61 Å². The van der Waals surface area contributed by atoms with Gasteiger partial charge < -0.3 is 9.47 Å². The summed E-state index contributed by atoms with van der Waals surface area (Å²) in [5.41, 5.74) is 0. The highest BCUT2D eigenvalue weighted by molar-refractivity contribution is 9.10. The van der Waals surface area contributed by atoms with E-state index in [1.165, 1.54) is 0 Å². The fraction of sp³-hybridized carbons (Fsp3) is 0.400. The summed E-state index contributed by atoms with van der Waals surface area (Å²) in [6, 6.07) is 7.68. The highest BCUT2D eigenvalue weighted by Gasteiger charge is 2.01. The van der Waals surface area contributed by atoms with Gasteiger partial charge in [-0.15, -0.1) is 0 Å². The van der Waals surface area contributed by atoms with Crippen LogP contribution in [0.25, 0.3) is 0 Å². The van der Waals surface area contributed by atoms with Gasteiger partial charge in [-0.25, -0.2) is 0 Å². The van der Waals surface area contributed by atoms with Crippen LogP contribution in [0.4, 0.5) is 0 Å². The maximum atomic E-state index is 5.47. The van der Waals surface area contributed by atoms with Gasteiger partial charge in [-0.05, 0) is 38.1 Å². The molecule has 0 amide bonds. The first-order valence-corrected chi connectivity index (χ1v) is 5.05. The normalized spacial score (nSPS) is 12.5. The summed E-state index contributed by atoms with van der Waals surface area (Å²) < 4.78 is 11.8. The van der Waals surface area contributed by atoms with Crippen LogP contribution in [-0.2, 0) is 4.74 Å². The van der Waals surface area contributed by atoms with Gasteiger partial charge in [0.1, 0.15) is 5.75 Å². The molecule has 0 bridgehead atoms. The van der Waals surface area contributed by atoms with Crippen LogP contribution in [0.15, 0.2) is 28.7 Å². The topological polar surface area (TPSA) is 18.5 Å². The number of hydrogen-bond donors (Lipinski definition) is 0. The van der Waals surface area contributed by atoms with Crippen molar-refractivity contribution in [1.29, 1.82) is 0 Å². The fourth-order valence-electron chi connectivity index (χ4n) is 0.974. The van der Waals surface area contributed by atoms with Crippen molar-refractivity contribution in [1.82, 2.24) is 0 Å². The zero-order valence-corrected chi connectivity index (χ0v) is 9.37. The number of ether oxygens (including phenoxy) is 2. The molecule has 0 radical (unpaired) electrons. The van der Waals surface area contributed by atoms with Crippen molar-refractivity contribution in [2.75, 3.05) is 6.61 Å². The van der Waals surface area contributed by atoms with Crippen molar-refractivity contribution in [3.63, 3.8) is 0 Å². The molecule has 3 heteroatoms. The van der Waals surface area contributed by atoms with Crippen LogP contribution in [0, 0.1) is 0 Å². The minimum atomic E-state index is -0.189. The van der Waals surface area contributed by atoms with E-state index in [-0.39, 0.29) is 6.29 Å². The van der Waals surface area contributed by atoms with Crippen molar-refractivity contribution in [2.45, 2.75) is 20.1 Å². The molecule has 0 aliphatic rings. The SMILES string of the molecule is CCO[C@@H](C)Oc1ccc(Br)cc1. The summed E-state index contributed by atoms with van der Waals surface area (Å²) in [7, 11) is 0. The highest BCUT2D eigenvalue weighted by Crippen LogP contribution is 2.17. The maximum absolute atomic E-state index is 5.47. The lowest BCUT2D eigenvalue weighted by atomic mass is 10.3. The molecule has 0 unspecified atom stereocenters. The van der Waals surface area contributed by atoms with Gasteiger partial charge in [-0.2, -0.15) is 0 Å². The van der Waals surface area contributed by atoms with E-state index >= 15 is 0 Å². The molecule has 13 heavy (non-hydrogen) atoms. The summed E-state index contributed by atoms with van der Waals surface area (Å²) in [5, 5.41) is 0. The molecular formula is C10H13BrO2. The molecule has 0 aromatic heterocycles. The van der Waals surface area contributed by atoms with Crippen molar-refractivity contribution in [3.05, 3.63) is 28.7 Å². The molecule has 0 heterocycles. The largest absolute Gasteiger partial charge is 0.465 e. The molecule has 0 aliphatic heterocycles. The van der Waals surface area contributed by atoms with E-state index < -0.39 is 0 Å². The second-order valence-electron chi connectivity index (χ2n) is 2.59. The van der Waals surface area contributed by atoms with E-state index in [1.54, 1.807) is 0 Å². The molecule has 1 atom stereocenters. The van der Waals surface area contributed by atoms with Crippen LogP contribution in [0.1, 0.15) is 13.8 Å². The average Bonchev–Trinajstić information content (AvgIpc) is 2.09. The predicted octanol–water partition coefficient (Wildman–Crippen LogP) is 3.21. The molecule has 72 valence electrons. The van der Waals surface area contributed by atoms with Crippen molar-refractivity contribution >= 4 is 15.9 Å². The molecule has 1 rings (SSSR count). The van der Waals surface area contributed by atoms with Crippen molar-refractivity contribution < 1.29 is 9.47 Å². The minimum absolute atomic E-state index is 0.189. The Morgan fingerprint density at radius 2 is 1.92 bits per heavy atom. The fourth-order valence-corrected chi connectivity index (χ4v) is 1.24. The second kappa shape index (κ2) is 5.25. The van der Waals surface area contributed by atoms with Crippen LogP contribution in [0.2, 0.25) is 0 Å². The maximum Gasteiger partial charge on any atom is 0.196 e. The minimum Gasteiger partial charge on any atom is -0.465 e. The van der Waals surface area contributed by atoms with Crippen molar-refractivity contribution in [2.24, 2.45) is 0 Å². The molecule has 0 fully saturated rings. The lowest BCUT2D eigenvalue weighted by Crippen LogP contribution is -2.15. The van der Waals surface area contributed by atoms with Crippen LogP contribution < -0.4 is 4.74 Å². The number of hydrogen-bond acceptors (Lipinski definition) is 2. The van der Waals surface area contributed by atoms with Gasteiger partial charge >= 0.3 is 0 Å². The Labute approximate surface area is 87.0 Å². The Hall–Kier alpha value is -0.540. The molecule has 0 N–H and O–H groups in total. The van der Waals surface area contributed by atoms with Gasteiger partial charge in [0.25, 0.3) is 0 Å². The first kappa shape index (κ1) is 10.5. The quantitative estimate of drug-likeness (QED) is 0.758. The molecular weight excluding hydrogens is 232 g/mol. The summed E-state index contributed by atoms with van der Waals surface area (Å²) in [6.07, 6.45) is -0.189. The third-order valence-electron chi connectivity index (χ3n) is 1.52. The smallest absolute Gasteiger partial charge is 0.196 e. The monoisotopic (exact) mass is 244 g/mol. The molecule has 0 spiro atoms. The van der Waals surface area contributed by atoms with Crippen molar-refractivity contribution in [3.8, 4) is 5.75 Å². The zero-order valence-electron chi connectivity index (χ0n) is 7.79. The third-order valence-corrected chi connectivity index (χ3v) is 2.05. The zero-order chi connectivity index (χ0) is 9.68. The summed E-state index contributed by atoms with van der Waals surface area (Å²) in [5.74, 6) is 0.823. The van der Waals surface area contributed by atoms with Crippen LogP contribution in [0.3, 0.4) is 0 Å². The summed E-state index contributed by atoms with van der Waals surface area (Å²) >= 11 is 3.36. The van der Waals surface area contributed by atoms with E-state index in [4.69, 9.17) is 9.47 Å². The van der Waals surface area contributed by atoms with Gasteiger partial charge in [-0.3, -0.25) is 0 Å². The number of rotatable bonds is 4. The highest BCUT2D eigenvalue weighted by atomic mass is 79.9. The van der Waals surface area contributed by atoms with Gasteiger partial charge in [0, 0.05) is 11.1 Å². The van der Waals surface area contributed by atoms with Crippen LogP contribution in [-0.4, -0.2) is 12.9 Å². The van der Waals surface area contributed by atoms with Gasteiger partial charge in [0.05, 0.1) is 0 Å². The average molecular weight is 245 g/mol. The number of halogens is 1. The van der Waals surface area contributed by atoms with Gasteiger partial charge in [-0.1, -0.05) is 15.9 Å². The molecule has 0 saturated carbocycles. The Morgan fingerprint density at radius 3 is 2.46 bits per heavy atom. The summed E-state index contributed by atoms with van der Waals surface area (Å²) in [6.45, 7) is 4.49. The Kier molecular flexibility index (Phi) is 4.25. The summed E-state index contributed by atoms with van der Waals surface area (Å²) in [4.78, 5) is 0. The molecule has 1 aromatic rings. The first-order valence-electron chi connectivity index (χ1n) is 4.26. The van der Waals surface area contributed by atoms with E-state index in [2.05, 4.69) is 15.9 Å².